The molecule has 116 valence electrons. The maximum atomic E-state index is 11.4. The van der Waals surface area contributed by atoms with Crippen molar-refractivity contribution >= 4 is 19.5 Å². The van der Waals surface area contributed by atoms with E-state index in [9.17, 15) is 14.6 Å². The van der Waals surface area contributed by atoms with Crippen LogP contribution in [0.5, 0.6) is 0 Å². The predicted octanol–water partition coefficient (Wildman–Crippen LogP) is -1.48. The highest BCUT2D eigenvalue weighted by atomic mass is 31.2. The van der Waals surface area contributed by atoms with E-state index < -0.39 is 32.4 Å². The number of phosphoric ester groups is 1. The molecule has 5 atom stereocenters. The number of nitrogens with two attached hydrogens (primary N) is 2. The summed E-state index contributed by atoms with van der Waals surface area (Å²) in [7, 11) is -4.18. The Balaban J connectivity index is 1.88. The van der Waals surface area contributed by atoms with Gasteiger partial charge in [-0.05, 0) is 0 Å². The van der Waals surface area contributed by atoms with E-state index in [0.717, 1.165) is 0 Å². The van der Waals surface area contributed by atoms with Crippen LogP contribution in [0.2, 0.25) is 0 Å². The Bertz CT molecular complexity index is 634. The SMILES string of the molecule is N=C(N)c1ncn([C@@H]2O[C@@H]3COP(=O)(O)O[C@H]3[C@H]2O)c1N. The van der Waals surface area contributed by atoms with Gasteiger partial charge in [0.2, 0.25) is 0 Å². The van der Waals surface area contributed by atoms with E-state index in [1.165, 1.54) is 10.9 Å². The Morgan fingerprint density at radius 1 is 1.62 bits per heavy atom. The van der Waals surface area contributed by atoms with Crippen LogP contribution in [0.1, 0.15) is 11.9 Å². The van der Waals surface area contributed by atoms with Crippen molar-refractivity contribution in [2.75, 3.05) is 12.3 Å². The predicted molar refractivity (Wildman–Crippen MR) is 68.2 cm³/mol. The first-order valence-corrected chi connectivity index (χ1v) is 7.45. The summed E-state index contributed by atoms with van der Waals surface area (Å²) in [6.07, 6.45) is -2.72. The Kier molecular flexibility index (Phi) is 3.28. The molecular weight excluding hydrogens is 305 g/mol. The molecule has 2 fully saturated rings. The highest BCUT2D eigenvalue weighted by Gasteiger charge is 2.52. The number of hydrogen-bond donors (Lipinski definition) is 5. The van der Waals surface area contributed by atoms with Crippen molar-refractivity contribution < 1.29 is 28.3 Å². The van der Waals surface area contributed by atoms with Crippen LogP contribution in [0, 0.1) is 5.41 Å². The fourth-order valence-electron chi connectivity index (χ4n) is 2.35. The Morgan fingerprint density at radius 2 is 2.33 bits per heavy atom. The number of anilines is 1. The van der Waals surface area contributed by atoms with Crippen molar-refractivity contribution in [3.05, 3.63) is 12.0 Å². The second kappa shape index (κ2) is 4.77. The van der Waals surface area contributed by atoms with Crippen molar-refractivity contribution in [1.29, 1.82) is 5.41 Å². The molecular formula is C9H14N5O6P. The van der Waals surface area contributed by atoms with E-state index in [-0.39, 0.29) is 24.0 Å². The van der Waals surface area contributed by atoms with Gasteiger partial charge in [-0.1, -0.05) is 0 Å². The van der Waals surface area contributed by atoms with Crippen molar-refractivity contribution in [2.24, 2.45) is 5.73 Å². The van der Waals surface area contributed by atoms with Gasteiger partial charge in [0.1, 0.15) is 35.7 Å². The number of imidazole rings is 1. The van der Waals surface area contributed by atoms with E-state index in [0.29, 0.717) is 0 Å². The molecule has 7 N–H and O–H groups in total. The lowest BCUT2D eigenvalue weighted by Crippen LogP contribution is -2.39. The summed E-state index contributed by atoms with van der Waals surface area (Å²) < 4.78 is 27.7. The molecule has 21 heavy (non-hydrogen) atoms. The number of rotatable bonds is 2. The van der Waals surface area contributed by atoms with E-state index in [2.05, 4.69) is 9.51 Å². The molecule has 3 heterocycles. The molecule has 3 rings (SSSR count). The number of nitrogens with one attached hydrogen (secondary N) is 1. The molecule has 11 nitrogen and oxygen atoms in total. The normalized spacial score (nSPS) is 39.1. The molecule has 1 aromatic heterocycles. The van der Waals surface area contributed by atoms with E-state index in [1.807, 2.05) is 0 Å². The lowest BCUT2D eigenvalue weighted by molar-refractivity contribution is -0.0668. The molecule has 1 unspecified atom stereocenters. The van der Waals surface area contributed by atoms with Crippen LogP contribution in [0.4, 0.5) is 5.82 Å². The third-order valence-corrected chi connectivity index (χ3v) is 4.31. The van der Waals surface area contributed by atoms with Crippen LogP contribution >= 0.6 is 7.82 Å². The smallest absolute Gasteiger partial charge is 0.386 e. The van der Waals surface area contributed by atoms with Crippen LogP contribution < -0.4 is 11.5 Å². The van der Waals surface area contributed by atoms with Crippen molar-refractivity contribution in [3.63, 3.8) is 0 Å². The van der Waals surface area contributed by atoms with Gasteiger partial charge >= 0.3 is 7.82 Å². The van der Waals surface area contributed by atoms with Gasteiger partial charge in [0.15, 0.2) is 6.23 Å². The number of hydrogen-bond acceptors (Lipinski definition) is 8. The van der Waals surface area contributed by atoms with Crippen LogP contribution in [0.3, 0.4) is 0 Å². The zero-order chi connectivity index (χ0) is 15.4. The third kappa shape index (κ3) is 2.33. The van der Waals surface area contributed by atoms with Gasteiger partial charge in [-0.2, -0.15) is 0 Å². The molecule has 2 saturated heterocycles. The highest BCUT2D eigenvalue weighted by Crippen LogP contribution is 2.52. The quantitative estimate of drug-likeness (QED) is 0.247. The largest absolute Gasteiger partial charge is 0.472 e. The Labute approximate surface area is 118 Å². The number of phosphoric acid groups is 1. The number of amidine groups is 1. The van der Waals surface area contributed by atoms with Gasteiger partial charge in [-0.25, -0.2) is 9.55 Å². The van der Waals surface area contributed by atoms with Crippen LogP contribution in [-0.4, -0.2) is 50.3 Å². The average Bonchev–Trinajstić information content (AvgIpc) is 2.90. The van der Waals surface area contributed by atoms with E-state index in [4.69, 9.17) is 26.1 Å². The fourth-order valence-corrected chi connectivity index (χ4v) is 3.31. The molecule has 0 saturated carbocycles. The molecule has 0 amide bonds. The minimum absolute atomic E-state index is 0.0401. The fraction of sp³-hybridized carbons (Fsp3) is 0.556. The summed E-state index contributed by atoms with van der Waals surface area (Å²) >= 11 is 0. The third-order valence-electron chi connectivity index (χ3n) is 3.33. The summed E-state index contributed by atoms with van der Waals surface area (Å²) in [6, 6.07) is 0. The van der Waals surface area contributed by atoms with Gasteiger partial charge in [0.05, 0.1) is 12.9 Å². The second-order valence-electron chi connectivity index (χ2n) is 4.69. The molecule has 1 aromatic rings. The summed E-state index contributed by atoms with van der Waals surface area (Å²) in [5, 5.41) is 17.5. The van der Waals surface area contributed by atoms with Gasteiger partial charge in [0.25, 0.3) is 0 Å². The standard InChI is InChI=1S/C9H14N5O6P/c10-7(11)4-8(12)14(2-13-4)9-5(15)6-3(19-9)1-18-21(16,17)20-6/h2-3,5-6,9,15H,1,12H2,(H3,10,11)(H,16,17)/t3-,5-,6-,9-/m1/s1. The van der Waals surface area contributed by atoms with Crippen LogP contribution in [0.15, 0.2) is 6.33 Å². The first-order chi connectivity index (χ1) is 9.80. The molecule has 0 spiro atoms. The summed E-state index contributed by atoms with van der Waals surface area (Å²) in [5.74, 6) is -0.283. The number of nitrogen functional groups attached to an aromatic ring is 2. The minimum Gasteiger partial charge on any atom is -0.386 e. The molecule has 0 radical (unpaired) electrons. The first kappa shape index (κ1) is 14.4. The number of aliphatic hydroxyl groups is 1. The monoisotopic (exact) mass is 319 g/mol. The van der Waals surface area contributed by atoms with Gasteiger partial charge in [-0.3, -0.25) is 19.0 Å². The van der Waals surface area contributed by atoms with E-state index >= 15 is 0 Å². The number of fused-ring (bicyclic) bond motifs is 1. The molecule has 12 heteroatoms. The van der Waals surface area contributed by atoms with Crippen molar-refractivity contribution in [2.45, 2.75) is 24.5 Å². The molecule has 2 aliphatic heterocycles. The molecule has 0 bridgehead atoms. The van der Waals surface area contributed by atoms with Gasteiger partial charge in [-0.15, -0.1) is 0 Å². The number of aliphatic hydroxyl groups excluding tert-OH is 1. The maximum absolute atomic E-state index is 11.4. The lowest BCUT2D eigenvalue weighted by Gasteiger charge is -2.27. The van der Waals surface area contributed by atoms with Gasteiger partial charge in [0, 0.05) is 0 Å². The first-order valence-electron chi connectivity index (χ1n) is 5.96. The zero-order valence-corrected chi connectivity index (χ0v) is 11.5. The van der Waals surface area contributed by atoms with E-state index in [1.54, 1.807) is 0 Å². The van der Waals surface area contributed by atoms with Crippen molar-refractivity contribution in [1.82, 2.24) is 9.55 Å². The number of nitrogens with zero attached hydrogens (tertiary/aromatic N) is 2. The number of ether oxygens (including phenoxy) is 1. The molecule has 0 aromatic carbocycles. The maximum Gasteiger partial charge on any atom is 0.472 e. The lowest BCUT2D eigenvalue weighted by atomic mass is 10.1. The van der Waals surface area contributed by atoms with Crippen LogP contribution in [0.25, 0.3) is 0 Å². The highest BCUT2D eigenvalue weighted by molar-refractivity contribution is 7.47. The Hall–Kier alpha value is -1.49. The number of aromatic nitrogens is 2. The van der Waals surface area contributed by atoms with Crippen molar-refractivity contribution in [3.8, 4) is 0 Å². The van der Waals surface area contributed by atoms with Crippen LogP contribution in [-0.2, 0) is 18.3 Å². The second-order valence-corrected chi connectivity index (χ2v) is 6.10. The zero-order valence-electron chi connectivity index (χ0n) is 10.6. The van der Waals surface area contributed by atoms with Gasteiger partial charge < -0.3 is 26.2 Å². The minimum atomic E-state index is -4.18. The molecule has 2 aliphatic rings. The Morgan fingerprint density at radius 3 is 2.95 bits per heavy atom. The summed E-state index contributed by atoms with van der Waals surface area (Å²) in [6.45, 7) is -0.194. The average molecular weight is 319 g/mol. The summed E-state index contributed by atoms with van der Waals surface area (Å²) in [4.78, 5) is 13.1. The molecule has 0 aliphatic carbocycles. The topological polar surface area (TPSA) is 179 Å². The summed E-state index contributed by atoms with van der Waals surface area (Å²) in [5.41, 5.74) is 11.2.